The molecule has 2 N–H and O–H groups in total. The molecule has 1 aromatic carbocycles. The molecule has 0 aromatic heterocycles. The lowest BCUT2D eigenvalue weighted by atomic mass is 9.72. The van der Waals surface area contributed by atoms with Gasteiger partial charge in [0.25, 0.3) is 0 Å². The van der Waals surface area contributed by atoms with E-state index in [-0.39, 0.29) is 0 Å². The van der Waals surface area contributed by atoms with Crippen molar-refractivity contribution in [3.05, 3.63) is 29.3 Å². The lowest BCUT2D eigenvalue weighted by Gasteiger charge is -2.38. The van der Waals surface area contributed by atoms with Gasteiger partial charge in [0.05, 0.1) is 0 Å². The first kappa shape index (κ1) is 15.4. The Morgan fingerprint density at radius 3 is 2.45 bits per heavy atom. The minimum atomic E-state index is 0.408. The third kappa shape index (κ3) is 3.54. The van der Waals surface area contributed by atoms with Crippen LogP contribution in [0.3, 0.4) is 0 Å². The van der Waals surface area contributed by atoms with Crippen LogP contribution in [0.2, 0.25) is 0 Å². The second kappa shape index (κ2) is 6.62. The van der Waals surface area contributed by atoms with Crippen LogP contribution in [-0.2, 0) is 0 Å². The van der Waals surface area contributed by atoms with E-state index in [1.807, 2.05) is 0 Å². The Morgan fingerprint density at radius 1 is 1.15 bits per heavy atom. The minimum absolute atomic E-state index is 0.408. The fourth-order valence-corrected chi connectivity index (χ4v) is 3.62. The Morgan fingerprint density at radius 2 is 1.85 bits per heavy atom. The largest absolute Gasteiger partial charge is 0.374 e. The Hall–Kier alpha value is -1.02. The summed E-state index contributed by atoms with van der Waals surface area (Å²) in [5.74, 6) is 0. The molecule has 0 atom stereocenters. The van der Waals surface area contributed by atoms with Gasteiger partial charge in [-0.05, 0) is 56.7 Å². The van der Waals surface area contributed by atoms with E-state index in [0.29, 0.717) is 5.41 Å². The van der Waals surface area contributed by atoms with Crippen molar-refractivity contribution < 1.29 is 0 Å². The predicted octanol–water partition coefficient (Wildman–Crippen LogP) is 4.04. The highest BCUT2D eigenvalue weighted by atomic mass is 15.1. The number of nitrogens with two attached hydrogens (primary N) is 1. The summed E-state index contributed by atoms with van der Waals surface area (Å²) in [4.78, 5) is 2.40. The molecule has 0 saturated heterocycles. The van der Waals surface area contributed by atoms with Crippen molar-refractivity contribution in [1.82, 2.24) is 0 Å². The highest BCUT2D eigenvalue weighted by Crippen LogP contribution is 2.38. The molecule has 0 aliphatic heterocycles. The third-order valence-corrected chi connectivity index (χ3v) is 5.09. The van der Waals surface area contributed by atoms with E-state index in [9.17, 15) is 0 Å². The number of nitrogens with zero attached hydrogens (tertiary/aromatic N) is 1. The van der Waals surface area contributed by atoms with Crippen LogP contribution in [0.15, 0.2) is 18.2 Å². The van der Waals surface area contributed by atoms with E-state index in [1.165, 1.54) is 55.3 Å². The van der Waals surface area contributed by atoms with Crippen molar-refractivity contribution in [2.45, 2.75) is 52.4 Å². The standard InChI is InChI=1S/C18H30N2/c1-15-7-8-17(16(2)13-15)20(3)12-11-18(14-19)9-5-4-6-10-18/h7-8,13H,4-6,9-12,14,19H2,1-3H3. The Labute approximate surface area is 124 Å². The van der Waals surface area contributed by atoms with Crippen LogP contribution >= 0.6 is 0 Å². The molecule has 112 valence electrons. The first-order chi connectivity index (χ1) is 9.56. The van der Waals surface area contributed by atoms with Crippen molar-refractivity contribution in [2.24, 2.45) is 11.1 Å². The molecule has 0 unspecified atom stereocenters. The molecule has 20 heavy (non-hydrogen) atoms. The summed E-state index contributed by atoms with van der Waals surface area (Å²) in [6.07, 6.45) is 8.01. The summed E-state index contributed by atoms with van der Waals surface area (Å²) in [5, 5.41) is 0. The summed E-state index contributed by atoms with van der Waals surface area (Å²) in [6, 6.07) is 6.73. The average molecular weight is 274 g/mol. The maximum absolute atomic E-state index is 6.09. The maximum Gasteiger partial charge on any atom is 0.0393 e. The van der Waals surface area contributed by atoms with E-state index in [2.05, 4.69) is 44.0 Å². The van der Waals surface area contributed by atoms with Crippen molar-refractivity contribution in [3.63, 3.8) is 0 Å². The quantitative estimate of drug-likeness (QED) is 0.878. The van der Waals surface area contributed by atoms with E-state index >= 15 is 0 Å². The molecule has 0 amide bonds. The Balaban J connectivity index is 1.98. The van der Waals surface area contributed by atoms with E-state index in [1.54, 1.807) is 0 Å². The van der Waals surface area contributed by atoms with Crippen molar-refractivity contribution in [1.29, 1.82) is 0 Å². The molecule has 0 spiro atoms. The summed E-state index contributed by atoms with van der Waals surface area (Å²) in [7, 11) is 2.21. The molecular formula is C18H30N2. The van der Waals surface area contributed by atoms with Crippen LogP contribution in [0.25, 0.3) is 0 Å². The number of aryl methyl sites for hydroxylation is 2. The van der Waals surface area contributed by atoms with Gasteiger partial charge in [-0.15, -0.1) is 0 Å². The predicted molar refractivity (Wildman–Crippen MR) is 88.4 cm³/mol. The fourth-order valence-electron chi connectivity index (χ4n) is 3.62. The summed E-state index contributed by atoms with van der Waals surface area (Å²) in [6.45, 7) is 6.33. The summed E-state index contributed by atoms with van der Waals surface area (Å²) in [5.41, 5.74) is 10.6. The zero-order valence-electron chi connectivity index (χ0n) is 13.4. The van der Waals surface area contributed by atoms with Gasteiger partial charge in [-0.25, -0.2) is 0 Å². The molecule has 1 fully saturated rings. The SMILES string of the molecule is Cc1ccc(N(C)CCC2(CN)CCCCC2)c(C)c1. The molecule has 0 bridgehead atoms. The number of hydrogen-bond donors (Lipinski definition) is 1. The van der Waals surface area contributed by atoms with Crippen molar-refractivity contribution in [2.75, 3.05) is 25.0 Å². The highest BCUT2D eigenvalue weighted by Gasteiger charge is 2.30. The lowest BCUT2D eigenvalue weighted by Crippen LogP contribution is -2.36. The third-order valence-electron chi connectivity index (χ3n) is 5.09. The maximum atomic E-state index is 6.09. The molecule has 1 aliphatic rings. The van der Waals surface area contributed by atoms with E-state index < -0.39 is 0 Å². The van der Waals surface area contributed by atoms with Crippen LogP contribution < -0.4 is 10.6 Å². The van der Waals surface area contributed by atoms with Crippen molar-refractivity contribution in [3.8, 4) is 0 Å². The molecule has 1 aromatic rings. The minimum Gasteiger partial charge on any atom is -0.374 e. The van der Waals surface area contributed by atoms with Gasteiger partial charge < -0.3 is 10.6 Å². The molecule has 0 radical (unpaired) electrons. The zero-order valence-corrected chi connectivity index (χ0v) is 13.4. The average Bonchev–Trinajstić information content (AvgIpc) is 2.46. The van der Waals surface area contributed by atoms with E-state index in [0.717, 1.165) is 13.1 Å². The van der Waals surface area contributed by atoms with Crippen LogP contribution in [0.5, 0.6) is 0 Å². The first-order valence-electron chi connectivity index (χ1n) is 8.05. The molecule has 1 aliphatic carbocycles. The molecular weight excluding hydrogens is 244 g/mol. The first-order valence-corrected chi connectivity index (χ1v) is 8.05. The normalized spacial score (nSPS) is 18.0. The molecule has 2 rings (SSSR count). The Bertz CT molecular complexity index is 433. The molecule has 2 heteroatoms. The Kier molecular flexibility index (Phi) is 5.09. The second-order valence-electron chi connectivity index (χ2n) is 6.73. The number of hydrogen-bond acceptors (Lipinski definition) is 2. The highest BCUT2D eigenvalue weighted by molar-refractivity contribution is 5.53. The fraction of sp³-hybridized carbons (Fsp3) is 0.667. The van der Waals surface area contributed by atoms with Gasteiger partial charge in [-0.1, -0.05) is 37.0 Å². The molecule has 0 heterocycles. The number of rotatable bonds is 5. The number of anilines is 1. The van der Waals surface area contributed by atoms with E-state index in [4.69, 9.17) is 5.73 Å². The zero-order chi connectivity index (χ0) is 14.6. The van der Waals surface area contributed by atoms with Gasteiger partial charge in [-0.2, -0.15) is 0 Å². The monoisotopic (exact) mass is 274 g/mol. The van der Waals surface area contributed by atoms with Crippen LogP contribution in [0.1, 0.15) is 49.7 Å². The van der Waals surface area contributed by atoms with Gasteiger partial charge in [0, 0.05) is 19.3 Å². The lowest BCUT2D eigenvalue weighted by molar-refractivity contribution is 0.185. The van der Waals surface area contributed by atoms with Gasteiger partial charge in [-0.3, -0.25) is 0 Å². The molecule has 2 nitrogen and oxygen atoms in total. The smallest absolute Gasteiger partial charge is 0.0393 e. The van der Waals surface area contributed by atoms with Gasteiger partial charge in [0.1, 0.15) is 0 Å². The van der Waals surface area contributed by atoms with Gasteiger partial charge >= 0.3 is 0 Å². The van der Waals surface area contributed by atoms with Crippen LogP contribution in [0.4, 0.5) is 5.69 Å². The summed E-state index contributed by atoms with van der Waals surface area (Å²) >= 11 is 0. The number of benzene rings is 1. The van der Waals surface area contributed by atoms with Crippen LogP contribution in [0, 0.1) is 19.3 Å². The second-order valence-corrected chi connectivity index (χ2v) is 6.73. The van der Waals surface area contributed by atoms with Crippen LogP contribution in [-0.4, -0.2) is 20.1 Å². The topological polar surface area (TPSA) is 29.3 Å². The van der Waals surface area contributed by atoms with Gasteiger partial charge in [0.15, 0.2) is 0 Å². The van der Waals surface area contributed by atoms with Crippen molar-refractivity contribution >= 4 is 5.69 Å². The summed E-state index contributed by atoms with van der Waals surface area (Å²) < 4.78 is 0. The van der Waals surface area contributed by atoms with Gasteiger partial charge in [0.2, 0.25) is 0 Å². The molecule has 1 saturated carbocycles.